The van der Waals surface area contributed by atoms with E-state index in [2.05, 4.69) is 406 Å². The second-order valence-electron chi connectivity index (χ2n) is 35.2. The summed E-state index contributed by atoms with van der Waals surface area (Å²) in [6, 6.07) is 99.5. The molecule has 14 nitrogen and oxygen atoms in total. The molecule has 0 fully saturated rings. The fourth-order valence-corrected chi connectivity index (χ4v) is 21.6. The molecule has 14 heterocycles. The van der Waals surface area contributed by atoms with Gasteiger partial charge in [0.1, 0.15) is 40.2 Å². The van der Waals surface area contributed by atoms with Crippen molar-refractivity contribution >= 4 is 39.9 Å². The molecule has 8 aromatic carbocycles. The Hall–Kier alpha value is -12.9. The van der Waals surface area contributed by atoms with Crippen LogP contribution in [0.1, 0.15) is 39.3 Å². The maximum Gasteiger partial charge on any atom is 0.292 e. The van der Waals surface area contributed by atoms with Crippen LogP contribution in [0.15, 0.2) is 304 Å². The number of aromatic nitrogens is 7. The first-order valence-electron chi connectivity index (χ1n) is 42.6. The highest BCUT2D eigenvalue weighted by Crippen LogP contribution is 2.42. The van der Waals surface area contributed by atoms with Crippen LogP contribution >= 0.6 is 0 Å². The van der Waals surface area contributed by atoms with E-state index in [4.69, 9.17) is 33.2 Å². The maximum atomic E-state index is 6.26. The van der Waals surface area contributed by atoms with E-state index in [-0.39, 0.29) is 0 Å². The van der Waals surface area contributed by atoms with Crippen LogP contribution in [0, 0.1) is 48.5 Å². The molecule has 618 valence electrons. The zero-order valence-electron chi connectivity index (χ0n) is 73.8. The molecule has 0 bridgehead atoms. The number of para-hydroxylation sites is 7. The van der Waals surface area contributed by atoms with Crippen molar-refractivity contribution in [1.29, 1.82) is 0 Å². The Morgan fingerprint density at radius 2 is 0.463 bits per heavy atom. The van der Waals surface area contributed by atoms with Gasteiger partial charge in [0.15, 0.2) is 49.1 Å². The molecular formula is C106H112N7O7Si3+7. The van der Waals surface area contributed by atoms with Crippen LogP contribution in [0.2, 0.25) is 58.9 Å². The lowest BCUT2D eigenvalue weighted by Gasteiger charge is -2.26. The van der Waals surface area contributed by atoms with Gasteiger partial charge in [-0.15, -0.1) is 0 Å². The van der Waals surface area contributed by atoms with Crippen molar-refractivity contribution in [2.75, 3.05) is 0 Å². The van der Waals surface area contributed by atoms with Gasteiger partial charge in [-0.2, -0.15) is 32.0 Å². The SMILES string of the molecule is C[Si](C)(C)c1cccc2c1OC[n+]1c-2cccc1[Si](C)(C)C.C[Si](C)(C)c1cccc2c1OC[n+]1ccccc1-2.Cc1cccc2[n+]1COc1c(-c3ccccc3)cccc1-2.Cc1cccc2c1OC[n+]1c(C)cccc1-2.Cc1cccc2c1OC[n+]1c(C)cccc1-2.Cc1cccc2c1OC[n+]1ccccc1-2.Cc1cccc2c1OC[n+]1ccccc1-2. The van der Waals surface area contributed by atoms with Crippen molar-refractivity contribution in [2.45, 2.75) is 155 Å². The number of aryl methyl sites for hydroxylation is 7. The Labute approximate surface area is 728 Å². The summed E-state index contributed by atoms with van der Waals surface area (Å²) in [6.07, 6.45) is 6.15. The molecule has 123 heavy (non-hydrogen) atoms. The van der Waals surface area contributed by atoms with Gasteiger partial charge in [-0.3, -0.25) is 0 Å². The van der Waals surface area contributed by atoms with E-state index in [1.807, 2.05) is 36.7 Å². The summed E-state index contributed by atoms with van der Waals surface area (Å²) in [7, 11) is -4.17. The molecule has 0 saturated heterocycles. The first-order chi connectivity index (χ1) is 59.4. The number of fused-ring (bicyclic) bond motifs is 21. The molecule has 0 atom stereocenters. The summed E-state index contributed by atoms with van der Waals surface area (Å²) in [5.74, 6) is 7.28. The Bertz CT molecular complexity index is 6110. The average molecular weight is 1680 g/mol. The number of benzene rings is 8. The lowest BCUT2D eigenvalue weighted by Crippen LogP contribution is -2.63. The van der Waals surface area contributed by atoms with Gasteiger partial charge in [0.25, 0.3) is 47.1 Å². The van der Waals surface area contributed by atoms with Gasteiger partial charge in [0.05, 0.1) is 55.1 Å². The molecule has 0 saturated carbocycles. The van der Waals surface area contributed by atoms with Crippen molar-refractivity contribution in [2.24, 2.45) is 0 Å². The number of hydrogen-bond donors (Lipinski definition) is 0. The number of rotatable bonds is 4. The smallest absolute Gasteiger partial charge is 0.292 e. The predicted molar refractivity (Wildman–Crippen MR) is 496 cm³/mol. The molecular weight excluding hydrogens is 1570 g/mol. The van der Waals surface area contributed by atoms with Crippen LogP contribution in [0.4, 0.5) is 0 Å². The maximum absolute atomic E-state index is 6.26. The van der Waals surface area contributed by atoms with Gasteiger partial charge < -0.3 is 33.2 Å². The van der Waals surface area contributed by atoms with Crippen LogP contribution in [0.25, 0.3) is 89.9 Å². The largest absolute Gasteiger partial charge is 0.435 e. The number of hydrogen-bond acceptors (Lipinski definition) is 7. The minimum absolute atomic E-state index is 0.568. The van der Waals surface area contributed by atoms with Crippen molar-refractivity contribution in [3.05, 3.63) is 343 Å². The quantitative estimate of drug-likeness (QED) is 0.128. The molecule has 7 aromatic heterocycles. The lowest BCUT2D eigenvalue weighted by atomic mass is 9.98. The lowest BCUT2D eigenvalue weighted by molar-refractivity contribution is -0.723. The van der Waals surface area contributed by atoms with E-state index in [0.717, 1.165) is 51.4 Å². The second-order valence-corrected chi connectivity index (χ2v) is 50.3. The topological polar surface area (TPSA) is 91.8 Å². The number of pyridine rings is 7. The summed E-state index contributed by atoms with van der Waals surface area (Å²) in [5, 5.41) is 4.29. The Morgan fingerprint density at radius 1 is 0.203 bits per heavy atom. The van der Waals surface area contributed by atoms with Crippen LogP contribution in [0.3, 0.4) is 0 Å². The van der Waals surface area contributed by atoms with E-state index in [1.165, 1.54) is 134 Å². The molecule has 0 aliphatic carbocycles. The average Bonchev–Trinajstić information content (AvgIpc) is 0.736. The van der Waals surface area contributed by atoms with Gasteiger partial charge in [-0.1, -0.05) is 174 Å². The summed E-state index contributed by atoms with van der Waals surface area (Å²) in [4.78, 5) is 0. The Morgan fingerprint density at radius 3 is 0.846 bits per heavy atom. The first-order valence-corrected chi connectivity index (χ1v) is 53.1. The first kappa shape index (κ1) is 83.7. The van der Waals surface area contributed by atoms with Crippen molar-refractivity contribution < 1.29 is 65.1 Å². The molecule has 0 amide bonds. The standard InChI is InChI=1S/C19H16NO.C18H26NOSi2.C15H18NOSi.2C14H14NO.2C13H12NO/c1-14-7-5-12-18-17-11-6-10-16(15-8-3-2-4-9-15)19(17)21-13-20(14)18;1-21(2,3)16-11-7-9-14-15-10-8-12-17(22(4,5)6)19(15)13-20-18(14)16;1-18(2,3)14-9-6-7-12-13-8-4-5-10-16(13)11-17-15(12)14;2*1-10-5-3-7-12-13-8-4-6-11(2)15(13)9-16-14(10)12;2*1-10-5-4-6-11-12-7-2-3-8-14(12)9-15-13(10)11/h2-12H,13H2,1H3;7-12H,13H2,1-6H3;4-10H,11H2,1-3H3;2*3-8H,9H2,1-2H3;2*2-8H,9H2,1H3/q7*+1. The number of nitrogens with zero attached hydrogens (tertiary/aromatic N) is 7. The van der Waals surface area contributed by atoms with Gasteiger partial charge in [0.2, 0.25) is 39.9 Å². The third kappa shape index (κ3) is 17.5. The molecule has 17 heteroatoms. The highest BCUT2D eigenvalue weighted by Gasteiger charge is 2.38. The van der Waals surface area contributed by atoms with E-state index >= 15 is 0 Å². The third-order valence-corrected chi connectivity index (χ3v) is 29.5. The Balaban J connectivity index is 0.000000107. The molecule has 7 aliphatic rings. The van der Waals surface area contributed by atoms with Gasteiger partial charge >= 0.3 is 0 Å². The van der Waals surface area contributed by atoms with E-state index in [1.54, 1.807) is 0 Å². The summed E-state index contributed by atoms with van der Waals surface area (Å²) in [6.45, 7) is 40.3. The predicted octanol–water partition coefficient (Wildman–Crippen LogP) is 19.4. The van der Waals surface area contributed by atoms with E-state index in [9.17, 15) is 0 Å². The molecule has 15 aromatic rings. The molecule has 7 aliphatic heterocycles. The monoisotopic (exact) mass is 1680 g/mol. The van der Waals surface area contributed by atoms with Gasteiger partial charge in [-0.25, -0.2) is 0 Å². The van der Waals surface area contributed by atoms with Crippen molar-refractivity contribution in [3.8, 4) is 130 Å². The van der Waals surface area contributed by atoms with Crippen LogP contribution in [0.5, 0.6) is 40.2 Å². The van der Waals surface area contributed by atoms with Crippen LogP contribution < -0.4 is 80.8 Å². The van der Waals surface area contributed by atoms with Crippen LogP contribution in [-0.2, 0) is 47.1 Å². The fourth-order valence-electron chi connectivity index (χ4n) is 17.0. The van der Waals surface area contributed by atoms with Gasteiger partial charge in [-0.05, 0) is 157 Å². The second kappa shape index (κ2) is 35.6. The zero-order valence-corrected chi connectivity index (χ0v) is 76.8. The molecule has 22 rings (SSSR count). The van der Waals surface area contributed by atoms with Crippen LogP contribution in [-0.4, -0.2) is 24.2 Å². The third-order valence-electron chi connectivity index (χ3n) is 23.5. The van der Waals surface area contributed by atoms with Crippen molar-refractivity contribution in [3.63, 3.8) is 0 Å². The van der Waals surface area contributed by atoms with E-state index < -0.39 is 24.2 Å². The zero-order chi connectivity index (χ0) is 85.8. The highest BCUT2D eigenvalue weighted by molar-refractivity contribution is 6.90. The molecule has 0 spiro atoms. The molecule has 0 radical (unpaired) electrons. The van der Waals surface area contributed by atoms with Gasteiger partial charge in [0, 0.05) is 105 Å². The summed E-state index contributed by atoms with van der Waals surface area (Å²) in [5.41, 5.74) is 27.9. The minimum atomic E-state index is -1.41. The molecule has 0 unspecified atom stereocenters. The van der Waals surface area contributed by atoms with Crippen molar-refractivity contribution in [1.82, 2.24) is 0 Å². The Kier molecular flexibility index (Phi) is 24.2. The number of ether oxygens (including phenoxy) is 7. The highest BCUT2D eigenvalue weighted by atomic mass is 28.3. The minimum Gasteiger partial charge on any atom is -0.435 e. The molecule has 0 N–H and O–H groups in total. The summed E-state index contributed by atoms with van der Waals surface area (Å²) >= 11 is 0. The normalized spacial score (nSPS) is 12.9. The fraction of sp³-hybridized carbons (Fsp3) is 0.217. The van der Waals surface area contributed by atoms with E-state index in [0.29, 0.717) is 47.1 Å². The summed E-state index contributed by atoms with van der Waals surface area (Å²) < 4.78 is 56.8.